The van der Waals surface area contributed by atoms with Crippen LogP contribution in [0.15, 0.2) is 30.6 Å². The number of imidazole rings is 1. The summed E-state index contributed by atoms with van der Waals surface area (Å²) < 4.78 is 7.02. The molecule has 10 heteroatoms. The lowest BCUT2D eigenvalue weighted by Gasteiger charge is -2.35. The number of aliphatic hydroxyl groups is 2. The molecule has 0 aliphatic heterocycles. The van der Waals surface area contributed by atoms with Gasteiger partial charge in [-0.2, -0.15) is 0 Å². The van der Waals surface area contributed by atoms with E-state index < -0.39 is 23.2 Å². The molecule has 10 nitrogen and oxygen atoms in total. The van der Waals surface area contributed by atoms with E-state index in [1.165, 1.54) is 7.05 Å². The molecular weight excluding hydrogens is 448 g/mol. The van der Waals surface area contributed by atoms with Crippen molar-refractivity contribution in [2.45, 2.75) is 31.6 Å². The summed E-state index contributed by atoms with van der Waals surface area (Å²) >= 11 is 0. The van der Waals surface area contributed by atoms with Gasteiger partial charge in [-0.25, -0.2) is 15.0 Å². The van der Waals surface area contributed by atoms with Gasteiger partial charge in [0.25, 0.3) is 0 Å². The van der Waals surface area contributed by atoms with Gasteiger partial charge in [0.15, 0.2) is 17.0 Å². The lowest BCUT2D eigenvalue weighted by molar-refractivity contribution is -0.144. The van der Waals surface area contributed by atoms with Gasteiger partial charge in [-0.05, 0) is 37.0 Å². The predicted molar refractivity (Wildman–Crippen MR) is 129 cm³/mol. The highest BCUT2D eigenvalue weighted by molar-refractivity contribution is 5.85. The first-order chi connectivity index (χ1) is 16.7. The molecule has 2 aliphatic carbocycles. The monoisotopic (exact) mass is 476 g/mol. The molecule has 3 aromatic rings. The van der Waals surface area contributed by atoms with E-state index in [4.69, 9.17) is 4.74 Å². The van der Waals surface area contributed by atoms with Gasteiger partial charge in [0.1, 0.15) is 11.4 Å². The topological polar surface area (TPSA) is 134 Å². The smallest absolute Gasteiger partial charge is 0.228 e. The molecule has 1 amide bonds. The van der Waals surface area contributed by atoms with Gasteiger partial charge in [-0.3, -0.25) is 4.79 Å². The number of nitrogens with one attached hydrogen (secondary N) is 2. The molecule has 0 spiro atoms. The molecule has 5 rings (SSSR count). The molecule has 0 saturated heterocycles. The van der Waals surface area contributed by atoms with Crippen LogP contribution in [0.3, 0.4) is 0 Å². The molecule has 4 N–H and O–H groups in total. The molecule has 6 atom stereocenters. The van der Waals surface area contributed by atoms with Crippen molar-refractivity contribution in [3.8, 4) is 17.6 Å². The molecule has 2 aromatic heterocycles. The number of fused-ring (bicyclic) bond motifs is 2. The number of ether oxygens (including phenoxy) is 1. The second kappa shape index (κ2) is 7.93. The van der Waals surface area contributed by atoms with Crippen LogP contribution in [0.5, 0.6) is 5.75 Å². The SMILES string of the molecule is CNC(=O)C1(C)[C@H](C)[C@H]2C(n3cnc4c(NC)nc(C#Cc5cccc(OC)c5)nc43)[C@@]2(O)[C@@H]1O. The summed E-state index contributed by atoms with van der Waals surface area (Å²) in [6.45, 7) is 3.58. The van der Waals surface area contributed by atoms with Gasteiger partial charge >= 0.3 is 0 Å². The highest BCUT2D eigenvalue weighted by Crippen LogP contribution is 2.72. The Morgan fingerprint density at radius 3 is 2.66 bits per heavy atom. The highest BCUT2D eigenvalue weighted by atomic mass is 16.5. The first-order valence-corrected chi connectivity index (χ1v) is 11.4. The Morgan fingerprint density at radius 2 is 2.03 bits per heavy atom. The number of nitrogens with zero attached hydrogens (tertiary/aromatic N) is 4. The van der Waals surface area contributed by atoms with Crippen molar-refractivity contribution < 1.29 is 19.7 Å². The Morgan fingerprint density at radius 1 is 1.26 bits per heavy atom. The summed E-state index contributed by atoms with van der Waals surface area (Å²) in [5, 5.41) is 28.3. The van der Waals surface area contributed by atoms with E-state index in [1.54, 1.807) is 32.0 Å². The predicted octanol–water partition coefficient (Wildman–Crippen LogP) is 0.941. The van der Waals surface area contributed by atoms with E-state index in [9.17, 15) is 15.0 Å². The zero-order chi connectivity index (χ0) is 25.1. The van der Waals surface area contributed by atoms with Crippen LogP contribution in [-0.4, -0.2) is 68.5 Å². The van der Waals surface area contributed by atoms with Crippen LogP contribution in [0, 0.1) is 29.1 Å². The van der Waals surface area contributed by atoms with Gasteiger partial charge in [-0.15, -0.1) is 0 Å². The zero-order valence-electron chi connectivity index (χ0n) is 20.2. The number of aliphatic hydroxyl groups excluding tert-OH is 1. The molecule has 0 bridgehead atoms. The number of methoxy groups -OCH3 is 1. The number of benzene rings is 1. The van der Waals surface area contributed by atoms with Crippen molar-refractivity contribution in [3.63, 3.8) is 0 Å². The van der Waals surface area contributed by atoms with E-state index in [0.29, 0.717) is 22.7 Å². The molecule has 182 valence electrons. The number of carbonyl (C=O) groups excluding carboxylic acids is 1. The number of amides is 1. The largest absolute Gasteiger partial charge is 0.497 e. The van der Waals surface area contributed by atoms with E-state index in [-0.39, 0.29) is 23.6 Å². The summed E-state index contributed by atoms with van der Waals surface area (Å²) in [6, 6.07) is 6.90. The Balaban J connectivity index is 1.54. The summed E-state index contributed by atoms with van der Waals surface area (Å²) in [5.74, 6) is 6.64. The fraction of sp³-hybridized carbons (Fsp3) is 0.440. The highest BCUT2D eigenvalue weighted by Gasteiger charge is 2.82. The molecule has 0 radical (unpaired) electrons. The van der Waals surface area contributed by atoms with Crippen molar-refractivity contribution in [3.05, 3.63) is 42.0 Å². The molecule has 2 aliphatic rings. The number of aromatic nitrogens is 4. The third-order valence-corrected chi connectivity index (χ3v) is 7.79. The molecule has 2 fully saturated rings. The Kier molecular flexibility index (Phi) is 5.23. The average molecular weight is 477 g/mol. The number of rotatable bonds is 4. The summed E-state index contributed by atoms with van der Waals surface area (Å²) in [5.41, 5.74) is -0.785. The third kappa shape index (κ3) is 3.12. The van der Waals surface area contributed by atoms with E-state index >= 15 is 0 Å². The minimum atomic E-state index is -1.47. The zero-order valence-corrected chi connectivity index (χ0v) is 20.2. The van der Waals surface area contributed by atoms with Crippen molar-refractivity contribution >= 4 is 22.9 Å². The summed E-state index contributed by atoms with van der Waals surface area (Å²) in [4.78, 5) is 26.2. The van der Waals surface area contributed by atoms with Crippen LogP contribution in [-0.2, 0) is 4.79 Å². The second-order valence-corrected chi connectivity index (χ2v) is 9.36. The fourth-order valence-electron chi connectivity index (χ4n) is 5.70. The van der Waals surface area contributed by atoms with Crippen LogP contribution < -0.4 is 15.4 Å². The second-order valence-electron chi connectivity index (χ2n) is 9.36. The maximum absolute atomic E-state index is 12.6. The van der Waals surface area contributed by atoms with E-state index in [1.807, 2.05) is 31.2 Å². The molecule has 2 unspecified atom stereocenters. The van der Waals surface area contributed by atoms with Crippen molar-refractivity contribution in [1.29, 1.82) is 0 Å². The Bertz CT molecular complexity index is 1390. The Labute approximate surface area is 202 Å². The van der Waals surface area contributed by atoms with Crippen molar-refractivity contribution in [1.82, 2.24) is 24.8 Å². The van der Waals surface area contributed by atoms with Crippen LogP contribution in [0.25, 0.3) is 11.2 Å². The maximum Gasteiger partial charge on any atom is 0.228 e. The van der Waals surface area contributed by atoms with Gasteiger partial charge in [-0.1, -0.05) is 18.9 Å². The molecule has 2 saturated carbocycles. The fourth-order valence-corrected chi connectivity index (χ4v) is 5.70. The molecule has 2 heterocycles. The lowest BCUT2D eigenvalue weighted by Crippen LogP contribution is -2.51. The normalized spacial score (nSPS) is 30.8. The van der Waals surface area contributed by atoms with Gasteiger partial charge < -0.3 is 30.2 Å². The van der Waals surface area contributed by atoms with Crippen molar-refractivity contribution in [2.24, 2.45) is 17.3 Å². The average Bonchev–Trinajstić information content (AvgIpc) is 3.21. The van der Waals surface area contributed by atoms with Gasteiger partial charge in [0, 0.05) is 25.6 Å². The Hall–Kier alpha value is -3.68. The van der Waals surface area contributed by atoms with E-state index in [0.717, 1.165) is 5.56 Å². The summed E-state index contributed by atoms with van der Waals surface area (Å²) in [6.07, 6.45) is 0.354. The first kappa shape index (κ1) is 23.1. The van der Waals surface area contributed by atoms with Crippen LogP contribution in [0.1, 0.15) is 31.3 Å². The van der Waals surface area contributed by atoms with Gasteiger partial charge in [0.05, 0.1) is 31.0 Å². The molecular formula is C25H28N6O4. The maximum atomic E-state index is 12.6. The summed E-state index contributed by atoms with van der Waals surface area (Å²) in [7, 11) is 4.87. The minimum Gasteiger partial charge on any atom is -0.497 e. The molecule has 35 heavy (non-hydrogen) atoms. The molecule has 1 aromatic carbocycles. The van der Waals surface area contributed by atoms with Crippen LogP contribution in [0.4, 0.5) is 5.82 Å². The van der Waals surface area contributed by atoms with Crippen molar-refractivity contribution in [2.75, 3.05) is 26.5 Å². The quantitative estimate of drug-likeness (QED) is 0.409. The number of hydrogen-bond acceptors (Lipinski definition) is 8. The number of carbonyl (C=O) groups is 1. The standard InChI is InChI=1S/C25H28N6O4/c1-13-17-19(25(17,34)22(32)24(13,2)23(33)27-4)31-12-28-18-20(26-3)29-16(30-21(18)31)10-9-14-7-6-8-15(11-14)35-5/h6-8,11-13,17,19,22,32,34H,1-5H3,(H,27,33)(H,26,29,30)/t13-,17+,19?,22-,24?,25-/m1/s1. The van der Waals surface area contributed by atoms with Crippen LogP contribution >= 0.6 is 0 Å². The number of hydrogen-bond donors (Lipinski definition) is 4. The number of anilines is 1. The lowest BCUT2D eigenvalue weighted by atomic mass is 9.73. The minimum absolute atomic E-state index is 0.275. The van der Waals surface area contributed by atoms with Crippen LogP contribution in [0.2, 0.25) is 0 Å². The third-order valence-electron chi connectivity index (χ3n) is 7.79. The van der Waals surface area contributed by atoms with E-state index in [2.05, 4.69) is 37.4 Å². The first-order valence-electron chi connectivity index (χ1n) is 11.4. The van der Waals surface area contributed by atoms with Gasteiger partial charge in [0.2, 0.25) is 11.7 Å².